The minimum absolute atomic E-state index is 0.184. The molecule has 2 aliphatic rings. The largest absolute Gasteiger partial charge is 0.294 e. The quantitative estimate of drug-likeness (QED) is 0.815. The molecule has 0 radical (unpaired) electrons. The zero-order valence-electron chi connectivity index (χ0n) is 11.2. The minimum atomic E-state index is 0.184. The highest BCUT2D eigenvalue weighted by atomic mass is 32.2. The molecular weight excluding hydrogens is 264 g/mol. The molecule has 0 spiro atoms. The van der Waals surface area contributed by atoms with Gasteiger partial charge in [0, 0.05) is 22.1 Å². The van der Waals surface area contributed by atoms with Crippen LogP contribution in [0.15, 0.2) is 53.4 Å². The molecule has 1 heterocycles. The molecular formula is C18H16OS. The van der Waals surface area contributed by atoms with Gasteiger partial charge in [-0.1, -0.05) is 42.5 Å². The number of hydrogen-bond donors (Lipinski definition) is 0. The summed E-state index contributed by atoms with van der Waals surface area (Å²) in [4.78, 5) is 13.9. The highest BCUT2D eigenvalue weighted by Gasteiger charge is 2.34. The Bertz CT molecular complexity index is 677. The Labute approximate surface area is 123 Å². The summed E-state index contributed by atoms with van der Waals surface area (Å²) in [5.41, 5.74) is 3.64. The lowest BCUT2D eigenvalue weighted by molar-refractivity contribution is 0.0927. The van der Waals surface area contributed by atoms with Crippen LogP contribution in [-0.4, -0.2) is 11.5 Å². The molecule has 0 N–H and O–H groups in total. The number of ketones is 1. The Balaban J connectivity index is 1.57. The van der Waals surface area contributed by atoms with Crippen LogP contribution in [0.5, 0.6) is 0 Å². The zero-order valence-corrected chi connectivity index (χ0v) is 12.0. The van der Waals surface area contributed by atoms with Crippen molar-refractivity contribution in [1.82, 2.24) is 0 Å². The van der Waals surface area contributed by atoms with Gasteiger partial charge in [-0.05, 0) is 36.0 Å². The van der Waals surface area contributed by atoms with E-state index in [0.717, 1.165) is 24.2 Å². The average molecular weight is 280 g/mol. The van der Waals surface area contributed by atoms with Crippen LogP contribution in [0.2, 0.25) is 0 Å². The summed E-state index contributed by atoms with van der Waals surface area (Å²) in [7, 11) is 0. The SMILES string of the molecule is O=C1c2ccccc2CC1CC1CSc2ccccc21. The summed E-state index contributed by atoms with van der Waals surface area (Å²) in [6.45, 7) is 0. The zero-order chi connectivity index (χ0) is 13.5. The van der Waals surface area contributed by atoms with E-state index in [9.17, 15) is 4.79 Å². The number of fused-ring (bicyclic) bond motifs is 2. The molecule has 100 valence electrons. The maximum Gasteiger partial charge on any atom is 0.166 e. The average Bonchev–Trinajstić information content (AvgIpc) is 3.03. The number of rotatable bonds is 2. The van der Waals surface area contributed by atoms with E-state index in [2.05, 4.69) is 30.3 Å². The Morgan fingerprint density at radius 2 is 1.80 bits per heavy atom. The van der Waals surface area contributed by atoms with E-state index in [0.29, 0.717) is 11.7 Å². The molecule has 2 aromatic carbocycles. The van der Waals surface area contributed by atoms with Gasteiger partial charge in [-0.3, -0.25) is 4.79 Å². The molecule has 1 aliphatic heterocycles. The standard InChI is InChI=1S/C18H16OS/c19-18-13(9-12-5-1-2-7-16(12)18)10-14-11-20-17-8-4-3-6-15(14)17/h1-8,13-14H,9-11H2. The van der Waals surface area contributed by atoms with Gasteiger partial charge in [-0.15, -0.1) is 11.8 Å². The second-order valence-corrected chi connectivity index (χ2v) is 6.77. The molecule has 20 heavy (non-hydrogen) atoms. The van der Waals surface area contributed by atoms with Crippen molar-refractivity contribution in [3.05, 3.63) is 65.2 Å². The van der Waals surface area contributed by atoms with E-state index in [1.165, 1.54) is 16.0 Å². The Hall–Kier alpha value is -1.54. The molecule has 0 amide bonds. The fraction of sp³-hybridized carbons (Fsp3) is 0.278. The van der Waals surface area contributed by atoms with Crippen molar-refractivity contribution in [3.63, 3.8) is 0 Å². The number of carbonyl (C=O) groups is 1. The smallest absolute Gasteiger partial charge is 0.166 e. The molecule has 2 heteroatoms. The highest BCUT2D eigenvalue weighted by molar-refractivity contribution is 7.99. The van der Waals surface area contributed by atoms with Crippen molar-refractivity contribution >= 4 is 17.5 Å². The topological polar surface area (TPSA) is 17.1 Å². The van der Waals surface area contributed by atoms with Crippen molar-refractivity contribution in [2.45, 2.75) is 23.7 Å². The Morgan fingerprint density at radius 1 is 1.00 bits per heavy atom. The lowest BCUT2D eigenvalue weighted by Gasteiger charge is -2.14. The molecule has 0 saturated heterocycles. The lowest BCUT2D eigenvalue weighted by Crippen LogP contribution is -2.13. The first-order valence-electron chi connectivity index (χ1n) is 7.17. The third kappa shape index (κ3) is 1.90. The van der Waals surface area contributed by atoms with Crippen LogP contribution in [0.4, 0.5) is 0 Å². The summed E-state index contributed by atoms with van der Waals surface area (Å²) in [6, 6.07) is 16.7. The van der Waals surface area contributed by atoms with Gasteiger partial charge >= 0.3 is 0 Å². The van der Waals surface area contributed by atoms with Crippen molar-refractivity contribution in [3.8, 4) is 0 Å². The van der Waals surface area contributed by atoms with E-state index >= 15 is 0 Å². The normalized spacial score (nSPS) is 23.7. The molecule has 2 atom stereocenters. The van der Waals surface area contributed by atoms with Gasteiger partial charge in [-0.25, -0.2) is 0 Å². The lowest BCUT2D eigenvalue weighted by atomic mass is 9.88. The number of carbonyl (C=O) groups excluding carboxylic acids is 1. The van der Waals surface area contributed by atoms with Crippen LogP contribution in [0.1, 0.15) is 33.8 Å². The summed E-state index contributed by atoms with van der Waals surface area (Å²) < 4.78 is 0. The van der Waals surface area contributed by atoms with Gasteiger partial charge in [0.1, 0.15) is 0 Å². The van der Waals surface area contributed by atoms with Gasteiger partial charge in [0.15, 0.2) is 5.78 Å². The van der Waals surface area contributed by atoms with Crippen molar-refractivity contribution in [1.29, 1.82) is 0 Å². The third-order valence-electron chi connectivity index (χ3n) is 4.49. The maximum absolute atomic E-state index is 12.5. The molecule has 4 rings (SSSR count). The van der Waals surface area contributed by atoms with Gasteiger partial charge in [0.25, 0.3) is 0 Å². The minimum Gasteiger partial charge on any atom is -0.294 e. The van der Waals surface area contributed by atoms with Crippen molar-refractivity contribution in [2.24, 2.45) is 5.92 Å². The van der Waals surface area contributed by atoms with Crippen LogP contribution < -0.4 is 0 Å². The first-order valence-corrected chi connectivity index (χ1v) is 8.15. The number of thioether (sulfide) groups is 1. The molecule has 2 aromatic rings. The summed E-state index contributed by atoms with van der Waals surface area (Å²) >= 11 is 1.93. The predicted molar refractivity (Wildman–Crippen MR) is 82.5 cm³/mol. The molecule has 1 nitrogen and oxygen atoms in total. The van der Waals surface area contributed by atoms with E-state index in [-0.39, 0.29) is 5.92 Å². The molecule has 0 bridgehead atoms. The van der Waals surface area contributed by atoms with Crippen LogP contribution in [0.25, 0.3) is 0 Å². The monoisotopic (exact) mass is 280 g/mol. The number of hydrogen-bond acceptors (Lipinski definition) is 2. The first-order chi connectivity index (χ1) is 9.83. The first kappa shape index (κ1) is 12.2. The molecule has 1 aliphatic carbocycles. The van der Waals surface area contributed by atoms with Gasteiger partial charge in [0.2, 0.25) is 0 Å². The van der Waals surface area contributed by atoms with E-state index in [1.807, 2.05) is 30.0 Å². The second-order valence-electron chi connectivity index (χ2n) is 5.70. The van der Waals surface area contributed by atoms with Crippen LogP contribution in [0, 0.1) is 5.92 Å². The van der Waals surface area contributed by atoms with E-state index in [4.69, 9.17) is 0 Å². The highest BCUT2D eigenvalue weighted by Crippen LogP contribution is 2.44. The summed E-state index contributed by atoms with van der Waals surface area (Å²) in [5.74, 6) is 2.21. The number of benzene rings is 2. The van der Waals surface area contributed by atoms with E-state index < -0.39 is 0 Å². The van der Waals surface area contributed by atoms with Crippen LogP contribution >= 0.6 is 11.8 Å². The molecule has 0 aromatic heterocycles. The van der Waals surface area contributed by atoms with Crippen LogP contribution in [-0.2, 0) is 6.42 Å². The maximum atomic E-state index is 12.5. The summed E-state index contributed by atoms with van der Waals surface area (Å²) in [5, 5.41) is 0. The van der Waals surface area contributed by atoms with Gasteiger partial charge in [-0.2, -0.15) is 0 Å². The number of Topliss-reactive ketones (excluding diaryl/α,β-unsaturated/α-hetero) is 1. The van der Waals surface area contributed by atoms with E-state index in [1.54, 1.807) is 0 Å². The van der Waals surface area contributed by atoms with Gasteiger partial charge < -0.3 is 0 Å². The fourth-order valence-corrected chi connectivity index (χ4v) is 4.75. The van der Waals surface area contributed by atoms with Crippen LogP contribution in [0.3, 0.4) is 0 Å². The predicted octanol–water partition coefficient (Wildman–Crippen LogP) is 4.32. The fourth-order valence-electron chi connectivity index (χ4n) is 3.47. The molecule has 0 fully saturated rings. The van der Waals surface area contributed by atoms with Crippen molar-refractivity contribution in [2.75, 3.05) is 5.75 Å². The summed E-state index contributed by atoms with van der Waals surface area (Å²) in [6.07, 6.45) is 1.93. The Kier molecular flexibility index (Phi) is 2.92. The van der Waals surface area contributed by atoms with Crippen molar-refractivity contribution < 1.29 is 4.79 Å². The molecule has 0 saturated carbocycles. The third-order valence-corrected chi connectivity index (χ3v) is 5.74. The Morgan fingerprint density at radius 3 is 2.70 bits per heavy atom. The molecule has 2 unspecified atom stereocenters. The van der Waals surface area contributed by atoms with Gasteiger partial charge in [0.05, 0.1) is 0 Å². The second kappa shape index (κ2) is 4.78.